The Morgan fingerprint density at radius 1 is 1.30 bits per heavy atom. The predicted molar refractivity (Wildman–Crippen MR) is 111 cm³/mol. The third-order valence-corrected chi connectivity index (χ3v) is 5.23. The molecule has 12 heteroatoms. The van der Waals surface area contributed by atoms with Crippen molar-refractivity contribution in [2.75, 3.05) is 0 Å². The summed E-state index contributed by atoms with van der Waals surface area (Å²) in [6, 6.07) is 7.50. The lowest BCUT2D eigenvalue weighted by atomic mass is 9.86. The van der Waals surface area contributed by atoms with Crippen molar-refractivity contribution < 1.29 is 13.9 Å². The normalized spacial score (nSPS) is 13.9. The smallest absolute Gasteiger partial charge is 0.182 e. The summed E-state index contributed by atoms with van der Waals surface area (Å²) in [7, 11) is 0. The van der Waals surface area contributed by atoms with E-state index in [9.17, 15) is 13.9 Å². The van der Waals surface area contributed by atoms with Crippen molar-refractivity contribution in [3.05, 3.63) is 77.9 Å². The standard InChI is InChI=1S/C21H19F2N9O/c1-13(26-9-19-29-20(31-30-19)14-2-4-16(7-24)27-8-14)21(33,10-32-12-25-11-28-32)17-5-3-15(22)6-18(17)23/h2-6,8,11-13,26,33H,9-10H2,1H3,(H,29,30,31)/t13?,21-/m1/s1. The molecular formula is C21H19F2N9O. The van der Waals surface area contributed by atoms with Crippen LogP contribution >= 0.6 is 0 Å². The highest BCUT2D eigenvalue weighted by Crippen LogP contribution is 2.30. The number of hydrogen-bond acceptors (Lipinski definition) is 8. The molecule has 0 aliphatic heterocycles. The molecule has 0 saturated carbocycles. The summed E-state index contributed by atoms with van der Waals surface area (Å²) in [5, 5.41) is 34.4. The van der Waals surface area contributed by atoms with Crippen molar-refractivity contribution in [3.63, 3.8) is 0 Å². The van der Waals surface area contributed by atoms with Crippen LogP contribution in [-0.2, 0) is 18.7 Å². The van der Waals surface area contributed by atoms with Gasteiger partial charge < -0.3 is 10.4 Å². The quantitative estimate of drug-likeness (QED) is 0.367. The summed E-state index contributed by atoms with van der Waals surface area (Å²) in [5.74, 6) is -0.768. The number of rotatable bonds is 8. The van der Waals surface area contributed by atoms with Gasteiger partial charge in [-0.2, -0.15) is 15.5 Å². The topological polar surface area (TPSA) is 141 Å². The van der Waals surface area contributed by atoms with Gasteiger partial charge in [0.05, 0.1) is 13.1 Å². The van der Waals surface area contributed by atoms with Crippen LogP contribution in [0.3, 0.4) is 0 Å². The molecule has 3 aromatic heterocycles. The van der Waals surface area contributed by atoms with Gasteiger partial charge in [-0.15, -0.1) is 0 Å². The number of nitriles is 1. The number of halogens is 2. The lowest BCUT2D eigenvalue weighted by molar-refractivity contribution is -0.0207. The monoisotopic (exact) mass is 451 g/mol. The molecule has 0 saturated heterocycles. The Hall–Kier alpha value is -4.08. The summed E-state index contributed by atoms with van der Waals surface area (Å²) in [6.45, 7) is 1.71. The third kappa shape index (κ3) is 4.74. The zero-order valence-electron chi connectivity index (χ0n) is 17.4. The average molecular weight is 451 g/mol. The minimum Gasteiger partial charge on any atom is -0.381 e. The van der Waals surface area contributed by atoms with Crippen LogP contribution in [0, 0.1) is 23.0 Å². The van der Waals surface area contributed by atoms with E-state index in [2.05, 4.69) is 35.6 Å². The van der Waals surface area contributed by atoms with Crippen molar-refractivity contribution in [1.82, 2.24) is 40.2 Å². The molecule has 0 bridgehead atoms. The summed E-state index contributed by atoms with van der Waals surface area (Å²) in [5.41, 5.74) is -0.961. The van der Waals surface area contributed by atoms with Gasteiger partial charge in [0.1, 0.15) is 47.5 Å². The van der Waals surface area contributed by atoms with Gasteiger partial charge in [-0.05, 0) is 25.1 Å². The Morgan fingerprint density at radius 2 is 2.15 bits per heavy atom. The molecule has 33 heavy (non-hydrogen) atoms. The molecule has 0 aliphatic rings. The van der Waals surface area contributed by atoms with Crippen molar-refractivity contribution in [1.29, 1.82) is 5.26 Å². The summed E-state index contributed by atoms with van der Waals surface area (Å²) < 4.78 is 29.4. The molecule has 2 atom stereocenters. The molecule has 1 aromatic carbocycles. The molecule has 4 aromatic rings. The second-order valence-electron chi connectivity index (χ2n) is 7.39. The van der Waals surface area contributed by atoms with Crippen molar-refractivity contribution >= 4 is 0 Å². The lowest BCUT2D eigenvalue weighted by Gasteiger charge is -2.35. The van der Waals surface area contributed by atoms with Crippen molar-refractivity contribution in [2.24, 2.45) is 0 Å². The molecular weight excluding hydrogens is 432 g/mol. The van der Waals surface area contributed by atoms with E-state index in [0.29, 0.717) is 17.2 Å². The predicted octanol–water partition coefficient (Wildman–Crippen LogP) is 1.67. The van der Waals surface area contributed by atoms with Crippen molar-refractivity contribution in [2.45, 2.75) is 31.7 Å². The van der Waals surface area contributed by atoms with Crippen LogP contribution in [0.4, 0.5) is 8.78 Å². The summed E-state index contributed by atoms with van der Waals surface area (Å²) in [4.78, 5) is 12.2. The summed E-state index contributed by atoms with van der Waals surface area (Å²) in [6.07, 6.45) is 4.19. The molecule has 3 N–H and O–H groups in total. The Bertz CT molecular complexity index is 1270. The number of aliphatic hydroxyl groups is 1. The maximum absolute atomic E-state index is 14.6. The van der Waals surface area contributed by atoms with E-state index in [0.717, 1.165) is 12.1 Å². The van der Waals surface area contributed by atoms with E-state index in [1.54, 1.807) is 19.1 Å². The highest BCUT2D eigenvalue weighted by Gasteiger charge is 2.39. The second kappa shape index (κ2) is 9.19. The number of aromatic amines is 1. The maximum Gasteiger partial charge on any atom is 0.182 e. The van der Waals surface area contributed by atoms with Gasteiger partial charge in [-0.3, -0.25) is 5.10 Å². The van der Waals surface area contributed by atoms with Crippen LogP contribution in [0.25, 0.3) is 11.4 Å². The van der Waals surface area contributed by atoms with E-state index in [1.165, 1.54) is 29.6 Å². The number of nitrogens with one attached hydrogen (secondary N) is 2. The minimum absolute atomic E-state index is 0.0821. The number of pyridine rings is 1. The SMILES string of the molecule is CC(NCc1nc(-c2ccc(C#N)nc2)n[nH]1)[C@](O)(Cn1cncn1)c1ccc(F)cc1F. The van der Waals surface area contributed by atoms with Crippen LogP contribution < -0.4 is 5.32 Å². The fourth-order valence-corrected chi connectivity index (χ4v) is 3.37. The largest absolute Gasteiger partial charge is 0.381 e. The Balaban J connectivity index is 1.53. The van der Waals surface area contributed by atoms with E-state index in [1.807, 2.05) is 6.07 Å². The maximum atomic E-state index is 14.6. The van der Waals surface area contributed by atoms with Gasteiger partial charge in [0.2, 0.25) is 0 Å². The molecule has 0 radical (unpaired) electrons. The number of hydrogen-bond donors (Lipinski definition) is 3. The fraction of sp³-hybridized carbons (Fsp3) is 0.238. The van der Waals surface area contributed by atoms with E-state index in [4.69, 9.17) is 5.26 Å². The minimum atomic E-state index is -1.79. The van der Waals surface area contributed by atoms with Crippen molar-refractivity contribution in [3.8, 4) is 17.5 Å². The molecule has 3 heterocycles. The first-order chi connectivity index (χ1) is 15.9. The van der Waals surface area contributed by atoms with E-state index >= 15 is 0 Å². The first kappa shape index (κ1) is 22.1. The molecule has 0 aliphatic carbocycles. The molecule has 0 fully saturated rings. The highest BCUT2D eigenvalue weighted by atomic mass is 19.1. The number of benzene rings is 1. The Kier molecular flexibility index (Phi) is 6.16. The molecule has 0 amide bonds. The first-order valence-electron chi connectivity index (χ1n) is 9.90. The van der Waals surface area contributed by atoms with Gasteiger partial charge in [-0.1, -0.05) is 6.07 Å². The molecule has 0 spiro atoms. The van der Waals surface area contributed by atoms with Crippen LogP contribution in [0.15, 0.2) is 49.2 Å². The van der Waals surface area contributed by atoms with Crippen LogP contribution in [0.2, 0.25) is 0 Å². The van der Waals surface area contributed by atoms with Gasteiger partial charge in [0, 0.05) is 29.4 Å². The van der Waals surface area contributed by atoms with E-state index < -0.39 is 23.3 Å². The number of H-pyrrole nitrogens is 1. The van der Waals surface area contributed by atoms with Crippen LogP contribution in [0.1, 0.15) is 24.0 Å². The fourth-order valence-electron chi connectivity index (χ4n) is 3.37. The van der Waals surface area contributed by atoms with Gasteiger partial charge in [0.15, 0.2) is 5.82 Å². The molecule has 10 nitrogen and oxygen atoms in total. The average Bonchev–Trinajstić information content (AvgIpc) is 3.49. The molecule has 1 unspecified atom stereocenters. The summed E-state index contributed by atoms with van der Waals surface area (Å²) >= 11 is 0. The van der Waals surface area contributed by atoms with Gasteiger partial charge in [-0.25, -0.2) is 28.4 Å². The van der Waals surface area contributed by atoms with Crippen LogP contribution in [0.5, 0.6) is 0 Å². The zero-order valence-corrected chi connectivity index (χ0v) is 17.4. The second-order valence-corrected chi connectivity index (χ2v) is 7.39. The third-order valence-electron chi connectivity index (χ3n) is 5.23. The molecule has 168 valence electrons. The van der Waals surface area contributed by atoms with Gasteiger partial charge >= 0.3 is 0 Å². The first-order valence-corrected chi connectivity index (χ1v) is 9.90. The van der Waals surface area contributed by atoms with Crippen LogP contribution in [-0.4, -0.2) is 46.1 Å². The lowest BCUT2D eigenvalue weighted by Crippen LogP contribution is -2.50. The molecule has 4 rings (SSSR count). The number of aromatic nitrogens is 7. The van der Waals surface area contributed by atoms with E-state index in [-0.39, 0.29) is 24.3 Å². The Morgan fingerprint density at radius 3 is 2.82 bits per heavy atom. The highest BCUT2D eigenvalue weighted by molar-refractivity contribution is 5.53. The van der Waals surface area contributed by atoms with Gasteiger partial charge in [0.25, 0.3) is 0 Å². The zero-order chi connectivity index (χ0) is 23.4. The Labute approximate surface area is 187 Å². The number of nitrogens with zero attached hydrogens (tertiary/aromatic N) is 7.